The Hall–Kier alpha value is -0.570. The molecule has 82 valence electrons. The molecular weight excluding hydrogens is 176 g/mol. The average Bonchev–Trinajstić information content (AvgIpc) is 2.47. The second-order valence-electron chi connectivity index (χ2n) is 4.51. The van der Waals surface area contributed by atoms with Crippen LogP contribution in [0.5, 0.6) is 0 Å². The number of carbonyl (C=O) groups is 1. The highest BCUT2D eigenvalue weighted by molar-refractivity contribution is 5.81. The van der Waals surface area contributed by atoms with Gasteiger partial charge in [-0.1, -0.05) is 20.3 Å². The van der Waals surface area contributed by atoms with Crippen LogP contribution in [0.4, 0.5) is 0 Å². The fourth-order valence-corrected chi connectivity index (χ4v) is 2.34. The van der Waals surface area contributed by atoms with Crippen LogP contribution in [-0.4, -0.2) is 18.0 Å². The van der Waals surface area contributed by atoms with Crippen molar-refractivity contribution in [2.45, 2.75) is 52.1 Å². The van der Waals surface area contributed by atoms with Crippen molar-refractivity contribution in [3.8, 4) is 0 Å². The van der Waals surface area contributed by atoms with Gasteiger partial charge in [0.15, 0.2) is 0 Å². The normalized spacial score (nSPS) is 34.1. The maximum absolute atomic E-state index is 11.4. The van der Waals surface area contributed by atoms with Crippen LogP contribution in [0.1, 0.15) is 40.0 Å². The fraction of sp³-hybridized carbons (Fsp3) is 0.909. The monoisotopic (exact) mass is 198 g/mol. The summed E-state index contributed by atoms with van der Waals surface area (Å²) in [4.78, 5) is 11.4. The van der Waals surface area contributed by atoms with Crippen LogP contribution >= 0.6 is 0 Å². The summed E-state index contributed by atoms with van der Waals surface area (Å²) in [5.41, 5.74) is 5.51. The smallest absolute Gasteiger partial charge is 0.236 e. The number of carbonyl (C=O) groups excluding carboxylic acids is 1. The zero-order chi connectivity index (χ0) is 10.7. The molecule has 0 bridgehead atoms. The SMILES string of the molecule is CCC1CCC(NC(=O)[C@H](C)N)C1C. The van der Waals surface area contributed by atoms with Crippen molar-refractivity contribution in [3.63, 3.8) is 0 Å². The number of amides is 1. The second kappa shape index (κ2) is 4.78. The first-order chi connectivity index (χ1) is 6.56. The van der Waals surface area contributed by atoms with E-state index in [4.69, 9.17) is 5.73 Å². The van der Waals surface area contributed by atoms with Gasteiger partial charge in [-0.05, 0) is 31.6 Å². The Morgan fingerprint density at radius 2 is 2.21 bits per heavy atom. The fourth-order valence-electron chi connectivity index (χ4n) is 2.34. The number of hydrogen-bond acceptors (Lipinski definition) is 2. The van der Waals surface area contributed by atoms with Gasteiger partial charge < -0.3 is 11.1 Å². The van der Waals surface area contributed by atoms with Gasteiger partial charge in [0.2, 0.25) is 5.91 Å². The van der Waals surface area contributed by atoms with Crippen LogP contribution < -0.4 is 11.1 Å². The summed E-state index contributed by atoms with van der Waals surface area (Å²) in [5.74, 6) is 1.36. The van der Waals surface area contributed by atoms with Gasteiger partial charge in [0.05, 0.1) is 6.04 Å². The summed E-state index contributed by atoms with van der Waals surface area (Å²) in [5, 5.41) is 3.03. The Balaban J connectivity index is 2.44. The molecule has 3 nitrogen and oxygen atoms in total. The van der Waals surface area contributed by atoms with E-state index in [-0.39, 0.29) is 11.9 Å². The number of hydrogen-bond donors (Lipinski definition) is 2. The molecule has 0 aromatic carbocycles. The van der Waals surface area contributed by atoms with Crippen molar-refractivity contribution in [1.29, 1.82) is 0 Å². The zero-order valence-corrected chi connectivity index (χ0v) is 9.42. The van der Waals surface area contributed by atoms with E-state index in [0.717, 1.165) is 12.3 Å². The highest BCUT2D eigenvalue weighted by atomic mass is 16.2. The van der Waals surface area contributed by atoms with E-state index < -0.39 is 0 Å². The summed E-state index contributed by atoms with van der Waals surface area (Å²) in [6.45, 7) is 6.18. The number of nitrogens with two attached hydrogens (primary N) is 1. The van der Waals surface area contributed by atoms with Crippen LogP contribution in [0.15, 0.2) is 0 Å². The van der Waals surface area contributed by atoms with Crippen molar-refractivity contribution < 1.29 is 4.79 Å². The summed E-state index contributed by atoms with van der Waals surface area (Å²) in [6, 6.07) is -0.0404. The van der Waals surface area contributed by atoms with Gasteiger partial charge in [0.25, 0.3) is 0 Å². The van der Waals surface area contributed by atoms with Crippen LogP contribution in [-0.2, 0) is 4.79 Å². The van der Waals surface area contributed by atoms with Gasteiger partial charge in [-0.3, -0.25) is 4.79 Å². The molecular formula is C11H22N2O. The summed E-state index contributed by atoms with van der Waals surface area (Å²) < 4.78 is 0. The van der Waals surface area contributed by atoms with E-state index in [9.17, 15) is 4.79 Å². The van der Waals surface area contributed by atoms with Crippen molar-refractivity contribution in [1.82, 2.24) is 5.32 Å². The van der Waals surface area contributed by atoms with Crippen molar-refractivity contribution in [2.75, 3.05) is 0 Å². The van der Waals surface area contributed by atoms with Crippen LogP contribution in [0, 0.1) is 11.8 Å². The largest absolute Gasteiger partial charge is 0.352 e. The second-order valence-corrected chi connectivity index (χ2v) is 4.51. The highest BCUT2D eigenvalue weighted by Crippen LogP contribution is 2.33. The Kier molecular flexibility index (Phi) is 3.93. The van der Waals surface area contributed by atoms with Gasteiger partial charge >= 0.3 is 0 Å². The molecule has 14 heavy (non-hydrogen) atoms. The predicted octanol–water partition coefficient (Wildman–Crippen LogP) is 1.27. The summed E-state index contributed by atoms with van der Waals surface area (Å²) in [7, 11) is 0. The Morgan fingerprint density at radius 1 is 1.57 bits per heavy atom. The average molecular weight is 198 g/mol. The molecule has 1 fully saturated rings. The van der Waals surface area contributed by atoms with Gasteiger partial charge in [0.1, 0.15) is 0 Å². The molecule has 3 heteroatoms. The zero-order valence-electron chi connectivity index (χ0n) is 9.42. The van der Waals surface area contributed by atoms with Crippen molar-refractivity contribution in [2.24, 2.45) is 17.6 Å². The summed E-state index contributed by atoms with van der Waals surface area (Å²) in [6.07, 6.45) is 3.56. The van der Waals surface area contributed by atoms with E-state index in [1.807, 2.05) is 0 Å². The maximum Gasteiger partial charge on any atom is 0.236 e. The minimum atomic E-state index is -0.386. The molecule has 1 aliphatic rings. The van der Waals surface area contributed by atoms with Crippen LogP contribution in [0.25, 0.3) is 0 Å². The lowest BCUT2D eigenvalue weighted by Crippen LogP contribution is -2.45. The third-order valence-corrected chi connectivity index (χ3v) is 3.49. The Labute approximate surface area is 86.4 Å². The minimum absolute atomic E-state index is 0.0152. The Bertz CT molecular complexity index is 203. The third kappa shape index (κ3) is 2.47. The lowest BCUT2D eigenvalue weighted by Gasteiger charge is -2.21. The molecule has 0 spiro atoms. The van der Waals surface area contributed by atoms with E-state index in [0.29, 0.717) is 12.0 Å². The van der Waals surface area contributed by atoms with E-state index >= 15 is 0 Å². The molecule has 1 saturated carbocycles. The number of nitrogens with one attached hydrogen (secondary N) is 1. The lowest BCUT2D eigenvalue weighted by atomic mass is 9.93. The first-order valence-corrected chi connectivity index (χ1v) is 5.62. The van der Waals surface area contributed by atoms with E-state index in [1.165, 1.54) is 12.8 Å². The topological polar surface area (TPSA) is 55.1 Å². The minimum Gasteiger partial charge on any atom is -0.352 e. The van der Waals surface area contributed by atoms with Crippen molar-refractivity contribution in [3.05, 3.63) is 0 Å². The molecule has 0 aromatic heterocycles. The van der Waals surface area contributed by atoms with Crippen LogP contribution in [0.3, 0.4) is 0 Å². The summed E-state index contributed by atoms with van der Waals surface area (Å²) >= 11 is 0. The molecule has 4 atom stereocenters. The molecule has 3 unspecified atom stereocenters. The van der Waals surface area contributed by atoms with Gasteiger partial charge in [-0.25, -0.2) is 0 Å². The standard InChI is InChI=1S/C11H22N2O/c1-4-9-5-6-10(7(9)2)13-11(14)8(3)12/h7-10H,4-6,12H2,1-3H3,(H,13,14)/t7?,8-,9?,10?/m0/s1. The third-order valence-electron chi connectivity index (χ3n) is 3.49. The number of rotatable bonds is 3. The van der Waals surface area contributed by atoms with E-state index in [2.05, 4.69) is 19.2 Å². The molecule has 1 aliphatic carbocycles. The molecule has 1 rings (SSSR count). The first-order valence-electron chi connectivity index (χ1n) is 5.62. The quantitative estimate of drug-likeness (QED) is 0.717. The predicted molar refractivity (Wildman–Crippen MR) is 57.8 cm³/mol. The maximum atomic E-state index is 11.4. The molecule has 1 amide bonds. The van der Waals surface area contributed by atoms with Gasteiger partial charge in [0, 0.05) is 6.04 Å². The van der Waals surface area contributed by atoms with Crippen LogP contribution in [0.2, 0.25) is 0 Å². The molecule has 0 aliphatic heterocycles. The molecule has 0 heterocycles. The highest BCUT2D eigenvalue weighted by Gasteiger charge is 2.32. The lowest BCUT2D eigenvalue weighted by molar-refractivity contribution is -0.122. The molecule has 3 N–H and O–H groups in total. The first kappa shape index (κ1) is 11.5. The van der Waals surface area contributed by atoms with E-state index in [1.54, 1.807) is 6.92 Å². The van der Waals surface area contributed by atoms with Gasteiger partial charge in [-0.15, -0.1) is 0 Å². The molecule has 0 aromatic rings. The molecule has 0 saturated heterocycles. The van der Waals surface area contributed by atoms with Gasteiger partial charge in [-0.2, -0.15) is 0 Å². The molecule has 0 radical (unpaired) electrons. The van der Waals surface area contributed by atoms with Crippen molar-refractivity contribution >= 4 is 5.91 Å². The Morgan fingerprint density at radius 3 is 2.64 bits per heavy atom.